The number of aromatic amines is 1. The van der Waals surface area contributed by atoms with Crippen LogP contribution in [0.2, 0.25) is 0 Å². The molecule has 0 saturated carbocycles. The summed E-state index contributed by atoms with van der Waals surface area (Å²) >= 11 is 0. The van der Waals surface area contributed by atoms with Crippen molar-refractivity contribution < 1.29 is 9.59 Å². The van der Waals surface area contributed by atoms with E-state index in [0.29, 0.717) is 24.2 Å². The number of hydrogen-bond acceptors (Lipinski definition) is 3. The van der Waals surface area contributed by atoms with Gasteiger partial charge in [0, 0.05) is 42.6 Å². The summed E-state index contributed by atoms with van der Waals surface area (Å²) in [6.07, 6.45) is 6.48. The van der Waals surface area contributed by atoms with Crippen molar-refractivity contribution in [2.75, 3.05) is 13.1 Å². The molecule has 2 heterocycles. The van der Waals surface area contributed by atoms with Gasteiger partial charge in [-0.3, -0.25) is 14.6 Å². The number of carbonyl (C=O) groups is 2. The Hall–Kier alpha value is -3.15. The van der Waals surface area contributed by atoms with Gasteiger partial charge in [-0.05, 0) is 30.5 Å². The van der Waals surface area contributed by atoms with E-state index in [0.717, 1.165) is 29.3 Å². The van der Waals surface area contributed by atoms with Crippen LogP contribution in [0.3, 0.4) is 0 Å². The summed E-state index contributed by atoms with van der Waals surface area (Å²) in [5, 5.41) is 6.83. The monoisotopic (exact) mass is 350 g/mol. The third-order valence-electron chi connectivity index (χ3n) is 4.15. The maximum absolute atomic E-state index is 12.3. The third-order valence-corrected chi connectivity index (χ3v) is 4.15. The van der Waals surface area contributed by atoms with E-state index in [4.69, 9.17) is 0 Å². The first kappa shape index (κ1) is 17.7. The quantitative estimate of drug-likeness (QED) is 0.612. The lowest BCUT2D eigenvalue weighted by molar-refractivity contribution is 0.0953. The van der Waals surface area contributed by atoms with Gasteiger partial charge in [-0.1, -0.05) is 25.1 Å². The minimum atomic E-state index is -0.234. The van der Waals surface area contributed by atoms with Gasteiger partial charge in [0.25, 0.3) is 11.8 Å². The van der Waals surface area contributed by atoms with Gasteiger partial charge >= 0.3 is 0 Å². The molecule has 0 radical (unpaired) electrons. The van der Waals surface area contributed by atoms with Crippen LogP contribution in [0.25, 0.3) is 10.9 Å². The van der Waals surface area contributed by atoms with Crippen LogP contribution >= 0.6 is 0 Å². The third kappa shape index (κ3) is 4.08. The van der Waals surface area contributed by atoms with E-state index in [1.165, 1.54) is 12.4 Å². The maximum Gasteiger partial charge on any atom is 0.252 e. The number of para-hydroxylation sites is 1. The molecule has 0 saturated heterocycles. The summed E-state index contributed by atoms with van der Waals surface area (Å²) in [6, 6.07) is 9.64. The number of amides is 2. The highest BCUT2D eigenvalue weighted by Crippen LogP contribution is 2.17. The fourth-order valence-corrected chi connectivity index (χ4v) is 2.78. The SMILES string of the molecule is CCCNC(=O)c1cncc(C(=O)NCCc2c[nH]c3ccccc23)c1. The number of nitrogens with zero attached hydrogens (tertiary/aromatic N) is 1. The van der Waals surface area contributed by atoms with E-state index < -0.39 is 0 Å². The minimum Gasteiger partial charge on any atom is -0.361 e. The lowest BCUT2D eigenvalue weighted by atomic mass is 10.1. The molecular formula is C20H22N4O2. The molecule has 0 fully saturated rings. The lowest BCUT2D eigenvalue weighted by Gasteiger charge is -2.07. The van der Waals surface area contributed by atoms with Crippen molar-refractivity contribution in [1.82, 2.24) is 20.6 Å². The predicted octanol–water partition coefficient (Wildman–Crippen LogP) is 2.68. The number of fused-ring (bicyclic) bond motifs is 1. The molecule has 0 aliphatic heterocycles. The van der Waals surface area contributed by atoms with Gasteiger partial charge in [-0.2, -0.15) is 0 Å². The van der Waals surface area contributed by atoms with Crippen LogP contribution < -0.4 is 10.6 Å². The largest absolute Gasteiger partial charge is 0.361 e. The Morgan fingerprint density at radius 2 is 1.73 bits per heavy atom. The smallest absolute Gasteiger partial charge is 0.252 e. The van der Waals surface area contributed by atoms with E-state index in [-0.39, 0.29) is 11.8 Å². The highest BCUT2D eigenvalue weighted by Gasteiger charge is 2.11. The summed E-state index contributed by atoms with van der Waals surface area (Å²) in [5.41, 5.74) is 3.02. The van der Waals surface area contributed by atoms with Crippen molar-refractivity contribution in [2.45, 2.75) is 19.8 Å². The van der Waals surface area contributed by atoms with Crippen molar-refractivity contribution in [3.8, 4) is 0 Å². The summed E-state index contributed by atoms with van der Waals surface area (Å²) in [6.45, 7) is 3.09. The number of carbonyl (C=O) groups excluding carboxylic acids is 2. The van der Waals surface area contributed by atoms with Gasteiger partial charge in [-0.15, -0.1) is 0 Å². The molecule has 6 nitrogen and oxygen atoms in total. The molecule has 1 aromatic carbocycles. The summed E-state index contributed by atoms with van der Waals surface area (Å²) in [7, 11) is 0. The molecule has 26 heavy (non-hydrogen) atoms. The molecule has 134 valence electrons. The molecule has 3 rings (SSSR count). The second-order valence-electron chi connectivity index (χ2n) is 6.08. The standard InChI is InChI=1S/C20H22N4O2/c1-2-8-22-19(25)15-10-16(12-21-11-15)20(26)23-9-7-14-13-24-18-6-4-3-5-17(14)18/h3-6,10-13,24H,2,7-9H2,1H3,(H,22,25)(H,23,26). The number of benzene rings is 1. The maximum atomic E-state index is 12.3. The Morgan fingerprint density at radius 1 is 1.04 bits per heavy atom. The summed E-state index contributed by atoms with van der Waals surface area (Å²) < 4.78 is 0. The fourth-order valence-electron chi connectivity index (χ4n) is 2.78. The summed E-state index contributed by atoms with van der Waals surface area (Å²) in [4.78, 5) is 31.6. The van der Waals surface area contributed by atoms with Gasteiger partial charge in [0.2, 0.25) is 0 Å². The highest BCUT2D eigenvalue weighted by atomic mass is 16.2. The molecule has 0 atom stereocenters. The number of nitrogens with one attached hydrogen (secondary N) is 3. The molecule has 6 heteroatoms. The Morgan fingerprint density at radius 3 is 2.46 bits per heavy atom. The van der Waals surface area contributed by atoms with Crippen molar-refractivity contribution in [3.05, 3.63) is 65.6 Å². The molecule has 0 spiro atoms. The summed E-state index contributed by atoms with van der Waals surface area (Å²) in [5.74, 6) is -0.449. The van der Waals surface area contributed by atoms with E-state index in [1.807, 2.05) is 31.3 Å². The van der Waals surface area contributed by atoms with E-state index >= 15 is 0 Å². The van der Waals surface area contributed by atoms with Crippen LogP contribution in [0.5, 0.6) is 0 Å². The molecule has 2 aromatic heterocycles. The van der Waals surface area contributed by atoms with Crippen molar-refractivity contribution >= 4 is 22.7 Å². The van der Waals surface area contributed by atoms with E-state index in [1.54, 1.807) is 6.07 Å². The number of aromatic nitrogens is 2. The van der Waals surface area contributed by atoms with Crippen LogP contribution in [0.1, 0.15) is 39.6 Å². The van der Waals surface area contributed by atoms with Crippen LogP contribution in [0.4, 0.5) is 0 Å². The minimum absolute atomic E-state index is 0.215. The topological polar surface area (TPSA) is 86.9 Å². The molecule has 3 aromatic rings. The molecule has 0 aliphatic carbocycles. The molecular weight excluding hydrogens is 328 g/mol. The van der Waals surface area contributed by atoms with Gasteiger partial charge in [0.05, 0.1) is 11.1 Å². The molecule has 2 amide bonds. The Labute approximate surface area is 152 Å². The van der Waals surface area contributed by atoms with Gasteiger partial charge in [-0.25, -0.2) is 0 Å². The zero-order valence-corrected chi connectivity index (χ0v) is 14.7. The Bertz CT molecular complexity index is 917. The number of H-pyrrole nitrogens is 1. The zero-order valence-electron chi connectivity index (χ0n) is 14.7. The molecule has 0 unspecified atom stereocenters. The first-order valence-corrected chi connectivity index (χ1v) is 8.75. The second kappa shape index (κ2) is 8.29. The van der Waals surface area contributed by atoms with Crippen LogP contribution in [0.15, 0.2) is 48.9 Å². The first-order chi connectivity index (χ1) is 12.7. The molecule has 3 N–H and O–H groups in total. The van der Waals surface area contributed by atoms with Crippen LogP contribution in [-0.2, 0) is 6.42 Å². The van der Waals surface area contributed by atoms with Crippen molar-refractivity contribution in [3.63, 3.8) is 0 Å². The van der Waals surface area contributed by atoms with Gasteiger partial charge in [0.15, 0.2) is 0 Å². The average molecular weight is 350 g/mol. The zero-order chi connectivity index (χ0) is 18.4. The Kier molecular flexibility index (Phi) is 5.63. The first-order valence-electron chi connectivity index (χ1n) is 8.75. The normalized spacial score (nSPS) is 10.7. The van der Waals surface area contributed by atoms with Crippen molar-refractivity contribution in [2.24, 2.45) is 0 Å². The molecule has 0 aliphatic rings. The van der Waals surface area contributed by atoms with Crippen LogP contribution in [-0.4, -0.2) is 34.9 Å². The number of hydrogen-bond donors (Lipinski definition) is 3. The lowest BCUT2D eigenvalue weighted by Crippen LogP contribution is -2.27. The van der Waals surface area contributed by atoms with Gasteiger partial charge < -0.3 is 15.6 Å². The number of pyridine rings is 1. The van der Waals surface area contributed by atoms with E-state index in [2.05, 4.69) is 26.7 Å². The Balaban J connectivity index is 1.59. The number of rotatable bonds is 7. The second-order valence-corrected chi connectivity index (χ2v) is 6.08. The van der Waals surface area contributed by atoms with Crippen LogP contribution in [0, 0.1) is 0 Å². The highest BCUT2D eigenvalue weighted by molar-refractivity contribution is 5.99. The fraction of sp³-hybridized carbons (Fsp3) is 0.250. The predicted molar refractivity (Wildman–Crippen MR) is 101 cm³/mol. The molecule has 0 bridgehead atoms. The van der Waals surface area contributed by atoms with Gasteiger partial charge in [0.1, 0.15) is 0 Å². The van der Waals surface area contributed by atoms with Crippen molar-refractivity contribution in [1.29, 1.82) is 0 Å². The average Bonchev–Trinajstić information content (AvgIpc) is 3.09. The van der Waals surface area contributed by atoms with E-state index in [9.17, 15) is 9.59 Å².